The summed E-state index contributed by atoms with van der Waals surface area (Å²) >= 11 is 0. The largest absolute Gasteiger partial charge is 0.477 e. The molecule has 0 bridgehead atoms. The minimum Gasteiger partial charge on any atom is -0.477 e. The average Bonchev–Trinajstić information content (AvgIpc) is 3.60. The third kappa shape index (κ3) is 3.27. The molecule has 0 spiro atoms. The average molecular weight is 417 g/mol. The lowest BCUT2D eigenvalue weighted by Gasteiger charge is -2.24. The van der Waals surface area contributed by atoms with Gasteiger partial charge in [0.05, 0.1) is 11.2 Å². The Hall–Kier alpha value is -2.48. The number of carboxylic acid groups (broad SMARTS) is 1. The number of fused-ring (bicyclic) bond motifs is 1. The number of hydrogen-bond donors (Lipinski definition) is 2. The second-order valence-corrected chi connectivity index (χ2v) is 8.91. The minimum atomic E-state index is -1.32. The van der Waals surface area contributed by atoms with Crippen LogP contribution < -0.4 is 15.6 Å². The Morgan fingerprint density at radius 3 is 2.63 bits per heavy atom. The van der Waals surface area contributed by atoms with Gasteiger partial charge in [0.2, 0.25) is 5.43 Å². The predicted octanol–water partition coefficient (Wildman–Crippen LogP) is 3.01. The Balaban J connectivity index is 1.58. The lowest BCUT2D eigenvalue weighted by Crippen LogP contribution is -2.30. The van der Waals surface area contributed by atoms with Crippen molar-refractivity contribution in [3.63, 3.8) is 0 Å². The number of halogens is 2. The molecule has 3 aliphatic rings. The van der Waals surface area contributed by atoms with Crippen LogP contribution in [0.15, 0.2) is 17.1 Å². The maximum Gasteiger partial charge on any atom is 0.341 e. The zero-order chi connectivity index (χ0) is 21.2. The van der Waals surface area contributed by atoms with Crippen LogP contribution in [0.2, 0.25) is 0 Å². The van der Waals surface area contributed by atoms with Gasteiger partial charge in [0.25, 0.3) is 0 Å². The molecule has 160 valence electrons. The van der Waals surface area contributed by atoms with E-state index < -0.39 is 23.4 Å². The number of aromatic carboxylic acids is 1. The molecule has 1 saturated heterocycles. The number of anilines is 1. The third-order valence-corrected chi connectivity index (χ3v) is 6.57. The molecule has 2 aliphatic carbocycles. The van der Waals surface area contributed by atoms with Gasteiger partial charge in [-0.15, -0.1) is 0 Å². The summed E-state index contributed by atoms with van der Waals surface area (Å²) in [6, 6.07) is 1.72. The van der Waals surface area contributed by atoms with Crippen LogP contribution in [0.3, 0.4) is 0 Å². The molecular weight excluding hydrogens is 392 g/mol. The molecule has 2 saturated carbocycles. The maximum absolute atomic E-state index is 15.2. The summed E-state index contributed by atoms with van der Waals surface area (Å²) in [6.45, 7) is 2.83. The van der Waals surface area contributed by atoms with Gasteiger partial charge >= 0.3 is 5.97 Å². The number of carboxylic acids is 1. The quantitative estimate of drug-likeness (QED) is 0.756. The normalized spacial score (nSPS) is 24.0. The van der Waals surface area contributed by atoms with Crippen molar-refractivity contribution in [1.29, 1.82) is 0 Å². The Labute approximate surface area is 172 Å². The van der Waals surface area contributed by atoms with Gasteiger partial charge in [-0.25, -0.2) is 13.6 Å². The number of pyridine rings is 1. The Kier molecular flexibility index (Phi) is 4.57. The summed E-state index contributed by atoms with van der Waals surface area (Å²) in [4.78, 5) is 26.0. The van der Waals surface area contributed by atoms with Crippen molar-refractivity contribution in [1.82, 2.24) is 9.88 Å². The number of aryl methyl sites for hydroxylation is 1. The van der Waals surface area contributed by atoms with Crippen LogP contribution in [0.4, 0.5) is 14.5 Å². The van der Waals surface area contributed by atoms with Gasteiger partial charge < -0.3 is 19.9 Å². The van der Waals surface area contributed by atoms with Crippen LogP contribution in [0.5, 0.6) is 0 Å². The van der Waals surface area contributed by atoms with E-state index in [0.29, 0.717) is 35.9 Å². The molecule has 3 fully saturated rings. The standard InChI is InChI=1S/C22H25F2N3O3/c1-11-19-15(21(28)16(22(29)30)9-27(19)14-4-5-14)6-17(23)20(11)26-8-12(18(24)10-26)7-25-13-2-3-13/h6,9,12-14,18,25H,2-5,7-8,10H2,1H3,(H,29,30)/t12-,18+/m0/s1. The maximum atomic E-state index is 15.2. The Morgan fingerprint density at radius 1 is 1.27 bits per heavy atom. The van der Waals surface area contributed by atoms with Crippen molar-refractivity contribution in [2.24, 2.45) is 5.92 Å². The number of rotatable bonds is 6. The van der Waals surface area contributed by atoms with Gasteiger partial charge in [-0.2, -0.15) is 0 Å². The molecule has 6 nitrogen and oxygen atoms in total. The molecule has 5 rings (SSSR count). The topological polar surface area (TPSA) is 74.6 Å². The highest BCUT2D eigenvalue weighted by Gasteiger charge is 2.37. The molecule has 0 radical (unpaired) electrons. The summed E-state index contributed by atoms with van der Waals surface area (Å²) < 4.78 is 31.7. The second-order valence-electron chi connectivity index (χ2n) is 8.91. The lowest BCUT2D eigenvalue weighted by molar-refractivity contribution is 0.0695. The number of nitrogens with zero attached hydrogens (tertiary/aromatic N) is 2. The summed E-state index contributed by atoms with van der Waals surface area (Å²) in [7, 11) is 0. The smallest absolute Gasteiger partial charge is 0.341 e. The first kappa shape index (κ1) is 19.5. The fourth-order valence-corrected chi connectivity index (χ4v) is 4.66. The van der Waals surface area contributed by atoms with E-state index in [-0.39, 0.29) is 29.5 Å². The predicted molar refractivity (Wildman–Crippen MR) is 110 cm³/mol. The summed E-state index contributed by atoms with van der Waals surface area (Å²) in [5, 5.41) is 12.8. The second kappa shape index (κ2) is 7.04. The summed E-state index contributed by atoms with van der Waals surface area (Å²) in [5.41, 5.74) is 0.403. The van der Waals surface area contributed by atoms with E-state index in [0.717, 1.165) is 31.7 Å². The lowest BCUT2D eigenvalue weighted by atomic mass is 10.0. The van der Waals surface area contributed by atoms with Gasteiger partial charge in [-0.05, 0) is 44.2 Å². The first-order valence-electron chi connectivity index (χ1n) is 10.6. The molecular formula is C22H25F2N3O3. The highest BCUT2D eigenvalue weighted by Crippen LogP contribution is 2.41. The van der Waals surface area contributed by atoms with E-state index >= 15 is 4.39 Å². The Morgan fingerprint density at radius 2 is 2.00 bits per heavy atom. The number of nitrogens with one attached hydrogen (secondary N) is 1. The van der Waals surface area contributed by atoms with Gasteiger partial charge in [-0.3, -0.25) is 4.79 Å². The molecule has 8 heteroatoms. The van der Waals surface area contributed by atoms with E-state index in [1.165, 1.54) is 6.20 Å². The van der Waals surface area contributed by atoms with Gasteiger partial charge in [0, 0.05) is 49.2 Å². The third-order valence-electron chi connectivity index (χ3n) is 6.57. The van der Waals surface area contributed by atoms with Crippen LogP contribution in [-0.2, 0) is 0 Å². The molecule has 2 aromatic rings. The van der Waals surface area contributed by atoms with Crippen LogP contribution >= 0.6 is 0 Å². The number of carbonyl (C=O) groups is 1. The van der Waals surface area contributed by atoms with Gasteiger partial charge in [-0.1, -0.05) is 0 Å². The van der Waals surface area contributed by atoms with Gasteiger partial charge in [0.1, 0.15) is 17.6 Å². The molecule has 30 heavy (non-hydrogen) atoms. The number of aromatic nitrogens is 1. The fourth-order valence-electron chi connectivity index (χ4n) is 4.66. The van der Waals surface area contributed by atoms with Crippen molar-refractivity contribution < 1.29 is 18.7 Å². The number of benzene rings is 1. The van der Waals surface area contributed by atoms with E-state index in [1.807, 2.05) is 0 Å². The van der Waals surface area contributed by atoms with E-state index in [2.05, 4.69) is 5.32 Å². The highest BCUT2D eigenvalue weighted by atomic mass is 19.1. The first-order chi connectivity index (χ1) is 14.3. The molecule has 2 N–H and O–H groups in total. The number of hydrogen-bond acceptors (Lipinski definition) is 4. The van der Waals surface area contributed by atoms with Crippen LogP contribution in [-0.4, -0.2) is 47.5 Å². The van der Waals surface area contributed by atoms with Gasteiger partial charge in [0.15, 0.2) is 0 Å². The first-order valence-corrected chi connectivity index (χ1v) is 10.6. The van der Waals surface area contributed by atoms with Crippen LogP contribution in [0.25, 0.3) is 10.9 Å². The molecule has 0 unspecified atom stereocenters. The summed E-state index contributed by atoms with van der Waals surface area (Å²) in [6.07, 6.45) is 4.35. The molecule has 1 aromatic carbocycles. The van der Waals surface area contributed by atoms with Crippen LogP contribution in [0.1, 0.15) is 47.6 Å². The van der Waals surface area contributed by atoms with Crippen molar-refractivity contribution in [3.8, 4) is 0 Å². The fraction of sp³-hybridized carbons (Fsp3) is 0.545. The zero-order valence-corrected chi connectivity index (χ0v) is 16.8. The van der Waals surface area contributed by atoms with E-state index in [4.69, 9.17) is 0 Å². The zero-order valence-electron chi connectivity index (χ0n) is 16.8. The van der Waals surface area contributed by atoms with Crippen molar-refractivity contribution in [3.05, 3.63) is 39.4 Å². The summed E-state index contributed by atoms with van der Waals surface area (Å²) in [5.74, 6) is -2.13. The highest BCUT2D eigenvalue weighted by molar-refractivity contribution is 5.95. The minimum absolute atomic E-state index is 0.0727. The molecule has 2 atom stereocenters. The SMILES string of the molecule is Cc1c(N2C[C@H](CNC3CC3)[C@H](F)C2)c(F)cc2c(=O)c(C(=O)O)cn(C3CC3)c12. The monoisotopic (exact) mass is 417 g/mol. The van der Waals surface area contributed by atoms with E-state index in [9.17, 15) is 19.1 Å². The van der Waals surface area contributed by atoms with E-state index in [1.54, 1.807) is 16.4 Å². The Bertz CT molecular complexity index is 1090. The molecule has 1 aromatic heterocycles. The van der Waals surface area contributed by atoms with Crippen LogP contribution in [0, 0.1) is 18.7 Å². The number of alkyl halides is 1. The van der Waals surface area contributed by atoms with Crippen molar-refractivity contribution in [2.75, 3.05) is 24.5 Å². The molecule has 1 aliphatic heterocycles. The van der Waals surface area contributed by atoms with Crippen molar-refractivity contribution in [2.45, 2.75) is 50.9 Å². The molecule has 0 amide bonds. The molecule has 2 heterocycles. The van der Waals surface area contributed by atoms with Crippen molar-refractivity contribution >= 4 is 22.6 Å².